The van der Waals surface area contributed by atoms with E-state index in [4.69, 9.17) is 51.1 Å². The number of fused-ring (bicyclic) bond motifs is 1. The maximum atomic E-state index is 13.1. The van der Waals surface area contributed by atoms with Gasteiger partial charge in [-0.25, -0.2) is 4.79 Å². The highest BCUT2D eigenvalue weighted by Crippen LogP contribution is 2.38. The average molecular weight is 803 g/mol. The van der Waals surface area contributed by atoms with Crippen LogP contribution < -0.4 is 4.74 Å². The zero-order chi connectivity index (χ0) is 26.9. The molecule has 0 fully saturated rings. The number of halogens is 6. The quantitative estimate of drug-likeness (QED) is 0.202. The molecule has 5 nitrogen and oxygen atoms in total. The summed E-state index contributed by atoms with van der Waals surface area (Å²) in [4.78, 5) is 26.6. The van der Waals surface area contributed by atoms with Crippen LogP contribution in [-0.2, 0) is 29.2 Å². The van der Waals surface area contributed by atoms with Crippen molar-refractivity contribution in [1.82, 2.24) is 4.90 Å². The molecule has 1 aliphatic heterocycles. The number of carbonyl (C=O) groups excluding carboxylic acids is 1. The van der Waals surface area contributed by atoms with E-state index in [1.165, 1.54) is 11.0 Å². The van der Waals surface area contributed by atoms with Gasteiger partial charge in [-0.2, -0.15) is 0 Å². The molecule has 0 unspecified atom stereocenters. The van der Waals surface area contributed by atoms with E-state index in [-0.39, 0.29) is 19.6 Å². The second-order valence-corrected chi connectivity index (χ2v) is 12.1. The topological polar surface area (TPSA) is 66.8 Å². The van der Waals surface area contributed by atoms with Crippen molar-refractivity contribution in [1.29, 1.82) is 0 Å². The van der Waals surface area contributed by atoms with Gasteiger partial charge in [0.25, 0.3) is 0 Å². The summed E-state index contributed by atoms with van der Waals surface area (Å²) in [6, 6.07) is 11.1. The van der Waals surface area contributed by atoms with Gasteiger partial charge in [0, 0.05) is 34.7 Å². The van der Waals surface area contributed by atoms with Gasteiger partial charge in [-0.1, -0.05) is 58.5 Å². The lowest BCUT2D eigenvalue weighted by Crippen LogP contribution is -2.48. The Morgan fingerprint density at radius 3 is 2.46 bits per heavy atom. The fourth-order valence-electron chi connectivity index (χ4n) is 3.89. The van der Waals surface area contributed by atoms with E-state index in [9.17, 15) is 14.7 Å². The highest BCUT2D eigenvalue weighted by Gasteiger charge is 2.36. The molecule has 11 heteroatoms. The molecule has 0 radical (unpaired) electrons. The molecule has 1 atom stereocenters. The molecule has 0 saturated heterocycles. The average Bonchev–Trinajstić information content (AvgIpc) is 2.84. The molecule has 192 valence electrons. The fourth-order valence-corrected chi connectivity index (χ4v) is 6.94. The minimum absolute atomic E-state index is 0.129. The predicted octanol–water partition coefficient (Wildman–Crippen LogP) is 8.14. The zero-order valence-electron chi connectivity index (χ0n) is 18.8. The second-order valence-electron chi connectivity index (χ2n) is 8.19. The van der Waals surface area contributed by atoms with E-state index in [1.807, 2.05) is 6.07 Å². The Labute approximate surface area is 260 Å². The van der Waals surface area contributed by atoms with Crippen molar-refractivity contribution in [2.75, 3.05) is 0 Å². The molecule has 0 spiro atoms. The molecule has 1 amide bonds. The molecular formula is C26H17Cl4I2NO4. The Hall–Kier alpha value is -1.24. The fraction of sp³-hybridized carbons (Fsp3) is 0.154. The van der Waals surface area contributed by atoms with E-state index < -0.39 is 17.9 Å². The third kappa shape index (κ3) is 6.67. The number of aliphatic carboxylic acids is 1. The molecule has 1 heterocycles. The van der Waals surface area contributed by atoms with Crippen LogP contribution in [0.25, 0.3) is 6.08 Å². The van der Waals surface area contributed by atoms with Crippen molar-refractivity contribution in [3.8, 4) is 5.75 Å². The minimum atomic E-state index is -1.07. The number of amides is 1. The van der Waals surface area contributed by atoms with Gasteiger partial charge in [0.1, 0.15) is 18.4 Å². The van der Waals surface area contributed by atoms with Crippen LogP contribution in [-0.4, -0.2) is 27.9 Å². The highest BCUT2D eigenvalue weighted by atomic mass is 127. The summed E-state index contributed by atoms with van der Waals surface area (Å²) in [6.07, 6.45) is 3.12. The predicted molar refractivity (Wildman–Crippen MR) is 164 cm³/mol. The molecule has 0 saturated carbocycles. The van der Waals surface area contributed by atoms with Crippen molar-refractivity contribution in [3.05, 3.63) is 98.0 Å². The van der Waals surface area contributed by atoms with Gasteiger partial charge in [0.05, 0.1) is 17.2 Å². The first-order valence-corrected chi connectivity index (χ1v) is 14.4. The van der Waals surface area contributed by atoms with Crippen LogP contribution in [0.4, 0.5) is 0 Å². The van der Waals surface area contributed by atoms with Crippen LogP contribution in [0.3, 0.4) is 0 Å². The molecule has 4 rings (SSSR count). The van der Waals surface area contributed by atoms with Crippen molar-refractivity contribution >= 4 is 110 Å². The summed E-state index contributed by atoms with van der Waals surface area (Å²) in [5.41, 5.74) is 3.18. The van der Waals surface area contributed by atoms with Crippen molar-refractivity contribution in [2.24, 2.45) is 0 Å². The Morgan fingerprint density at radius 2 is 1.78 bits per heavy atom. The van der Waals surface area contributed by atoms with Crippen molar-refractivity contribution in [3.63, 3.8) is 0 Å². The molecule has 3 aromatic rings. The number of carboxylic acids is 1. The summed E-state index contributed by atoms with van der Waals surface area (Å²) >= 11 is 28.7. The van der Waals surface area contributed by atoms with E-state index >= 15 is 0 Å². The third-order valence-electron chi connectivity index (χ3n) is 5.81. The van der Waals surface area contributed by atoms with Gasteiger partial charge >= 0.3 is 5.97 Å². The molecule has 1 N–H and O–H groups in total. The maximum Gasteiger partial charge on any atom is 0.326 e. The van der Waals surface area contributed by atoms with Crippen LogP contribution in [0.5, 0.6) is 5.75 Å². The first-order chi connectivity index (χ1) is 17.5. The number of benzene rings is 3. The van der Waals surface area contributed by atoms with Gasteiger partial charge in [-0.05, 0) is 98.3 Å². The molecule has 1 aliphatic rings. The maximum absolute atomic E-state index is 13.1. The Bertz CT molecular complexity index is 1430. The van der Waals surface area contributed by atoms with E-state index in [0.29, 0.717) is 31.4 Å². The van der Waals surface area contributed by atoms with E-state index in [1.54, 1.807) is 42.5 Å². The Kier molecular flexibility index (Phi) is 9.56. The third-order valence-corrected chi connectivity index (χ3v) is 9.07. The Morgan fingerprint density at radius 1 is 1.03 bits per heavy atom. The second kappa shape index (κ2) is 12.3. The summed E-state index contributed by atoms with van der Waals surface area (Å²) in [5, 5.41) is 11.7. The number of hydrogen-bond acceptors (Lipinski definition) is 3. The molecule has 37 heavy (non-hydrogen) atoms. The lowest BCUT2D eigenvalue weighted by Gasteiger charge is -2.35. The standard InChI is InChI=1S/C26H17Cl4I2NO4/c27-16-4-3-14(19(29)10-16)12-37-25-21(31)8-15-9-22(26(35)36)33(11-17(15)24(25)32)23(34)6-2-13-1-5-18(28)20(30)7-13/h1-8,10,22H,9,11-12H2,(H,35,36)/b6-2+/t22-/m0/s1. The van der Waals surface area contributed by atoms with Gasteiger partial charge in [0.2, 0.25) is 5.91 Å². The van der Waals surface area contributed by atoms with Crippen LogP contribution >= 0.6 is 91.6 Å². The lowest BCUT2D eigenvalue weighted by molar-refractivity contribution is -0.149. The SMILES string of the molecule is O=C(O)[C@@H]1Cc2cc(I)c(OCc3ccc(Cl)cc3Cl)c(I)c2CN1C(=O)/C=C/c1ccc(Cl)c(Cl)c1. The number of rotatable bonds is 6. The van der Waals surface area contributed by atoms with Gasteiger partial charge in [0.15, 0.2) is 0 Å². The zero-order valence-corrected chi connectivity index (χ0v) is 26.1. The molecule has 3 aromatic carbocycles. The molecular weight excluding hydrogens is 786 g/mol. The molecule has 0 aromatic heterocycles. The van der Waals surface area contributed by atoms with Crippen LogP contribution in [0.15, 0.2) is 48.5 Å². The van der Waals surface area contributed by atoms with Gasteiger partial charge in [-0.15, -0.1) is 0 Å². The van der Waals surface area contributed by atoms with E-state index in [0.717, 1.165) is 23.8 Å². The normalized spacial score (nSPS) is 15.1. The Balaban J connectivity index is 1.60. The van der Waals surface area contributed by atoms with Crippen LogP contribution in [0.1, 0.15) is 22.3 Å². The van der Waals surface area contributed by atoms with E-state index in [2.05, 4.69) is 45.2 Å². The van der Waals surface area contributed by atoms with Gasteiger partial charge < -0.3 is 14.7 Å². The number of carboxylic acid groups (broad SMARTS) is 1. The van der Waals surface area contributed by atoms with Crippen LogP contribution in [0, 0.1) is 7.14 Å². The smallest absolute Gasteiger partial charge is 0.326 e. The molecule has 0 bridgehead atoms. The summed E-state index contributed by atoms with van der Waals surface area (Å²) in [6.45, 7) is 0.359. The van der Waals surface area contributed by atoms with Crippen molar-refractivity contribution in [2.45, 2.75) is 25.6 Å². The van der Waals surface area contributed by atoms with Gasteiger partial charge in [-0.3, -0.25) is 4.79 Å². The number of nitrogens with zero attached hydrogens (tertiary/aromatic N) is 1. The lowest BCUT2D eigenvalue weighted by atomic mass is 9.93. The number of hydrogen-bond donors (Lipinski definition) is 1. The number of carbonyl (C=O) groups is 2. The number of ether oxygens (including phenoxy) is 1. The monoisotopic (exact) mass is 801 g/mol. The highest BCUT2D eigenvalue weighted by molar-refractivity contribution is 14.1. The first-order valence-electron chi connectivity index (χ1n) is 10.8. The first kappa shape index (κ1) is 28.8. The summed E-state index contributed by atoms with van der Waals surface area (Å²) in [7, 11) is 0. The largest absolute Gasteiger partial charge is 0.487 e. The summed E-state index contributed by atoms with van der Waals surface area (Å²) < 4.78 is 7.80. The minimum Gasteiger partial charge on any atom is -0.487 e. The summed E-state index contributed by atoms with van der Waals surface area (Å²) in [5.74, 6) is -0.836. The molecule has 0 aliphatic carbocycles. The van der Waals surface area contributed by atoms with Crippen molar-refractivity contribution < 1.29 is 19.4 Å². The van der Waals surface area contributed by atoms with Crippen LogP contribution in [0.2, 0.25) is 20.1 Å².